The first-order chi connectivity index (χ1) is 51.8. The molecule has 0 spiro atoms. The number of likely N-dealkylation sites (tertiary alicyclic amines) is 1. The number of primary amides is 1. The second kappa shape index (κ2) is 36.4. The SMILES string of the molecule is CO[C@H]1/C=C/O[C@@]2(C)Oc3c(C)c(O)c4c(=O)c(c5oc6cc(OC7CCN(COC(=O)OCc8ccc(NC(=O)[C@H](CCCNC(N)=O)NC(=O)[C@@H](NC(=O)CCCCCN9C(=O)C=CC9=O)C(C)C)cc8)CC7)ccc6nc-5c4c3C2=O)NC(=O)/C(C)=C\C=C\[C@H](C)[C@H](O)[C@@H](C)[C@@H](O)[C@@H](C)[C@H](OC(C)=O)[C@@H]1C. The number of aromatic hydroxyl groups is 1. The third-order valence-corrected chi connectivity index (χ3v) is 20.1. The Kier molecular flexibility index (Phi) is 27.5. The Labute approximate surface area is 629 Å². The van der Waals surface area contributed by atoms with Gasteiger partial charge in [-0.15, -0.1) is 0 Å². The zero-order valence-corrected chi connectivity index (χ0v) is 62.9. The van der Waals surface area contributed by atoms with E-state index < -0.39 is 130 Å². The van der Waals surface area contributed by atoms with Gasteiger partial charge in [-0.25, -0.2) is 14.6 Å². The van der Waals surface area contributed by atoms with Crippen LogP contribution < -0.4 is 47.2 Å². The summed E-state index contributed by atoms with van der Waals surface area (Å²) in [6, 6.07) is 8.38. The molecule has 1 saturated heterocycles. The maximum atomic E-state index is 15.1. The van der Waals surface area contributed by atoms with Crippen molar-refractivity contribution in [2.45, 2.75) is 176 Å². The van der Waals surface area contributed by atoms with Crippen LogP contribution in [0.2, 0.25) is 0 Å². The van der Waals surface area contributed by atoms with E-state index in [1.165, 1.54) is 65.4 Å². The van der Waals surface area contributed by atoms with E-state index >= 15 is 9.59 Å². The van der Waals surface area contributed by atoms with Crippen molar-refractivity contribution in [2.24, 2.45) is 35.3 Å². The third kappa shape index (κ3) is 20.0. The maximum absolute atomic E-state index is 15.1. The zero-order chi connectivity index (χ0) is 79.3. The largest absolute Gasteiger partial charge is 0.509 e. The molecular formula is C78H97N9O22. The topological polar surface area (TPSA) is 432 Å². The number of amides is 8. The number of ether oxygens (including phenoxy) is 7. The fraction of sp³-hybridized carbons (Fsp3) is 0.487. The number of methoxy groups -OCH3 is 1. The number of nitrogens with one attached hydrogen (secondary N) is 5. The van der Waals surface area contributed by atoms with Crippen LogP contribution in [0.3, 0.4) is 0 Å². The van der Waals surface area contributed by atoms with E-state index in [2.05, 4.69) is 26.6 Å². The number of nitrogens with two attached hydrogens (primary N) is 1. The molecule has 1 aliphatic carbocycles. The number of carbonyl (C=O) groups excluding carboxylic acids is 10. The molecule has 0 aromatic heterocycles. The van der Waals surface area contributed by atoms with Crippen LogP contribution in [0.4, 0.5) is 21.0 Å². The molecule has 11 atom stereocenters. The highest BCUT2D eigenvalue weighted by atomic mass is 16.7. The van der Waals surface area contributed by atoms with Crippen molar-refractivity contribution in [1.82, 2.24) is 30.7 Å². The summed E-state index contributed by atoms with van der Waals surface area (Å²) in [7, 11) is 1.42. The minimum Gasteiger partial charge on any atom is -0.507 e. The van der Waals surface area contributed by atoms with Crippen molar-refractivity contribution >= 4 is 92.6 Å². The molecule has 5 aliphatic heterocycles. The number of phenolic OH excluding ortho intramolecular Hbond substituents is 1. The molecule has 109 heavy (non-hydrogen) atoms. The number of fused-ring (bicyclic) bond motifs is 2. The number of allylic oxidation sites excluding steroid dienone is 2. The average Bonchev–Trinajstić information content (AvgIpc) is 1.64. The number of rotatable bonds is 24. The van der Waals surface area contributed by atoms with Gasteiger partial charge in [0.2, 0.25) is 23.2 Å². The Morgan fingerprint density at radius 1 is 0.844 bits per heavy atom. The number of piperidine rings is 1. The van der Waals surface area contributed by atoms with Crippen molar-refractivity contribution < 1.29 is 101 Å². The summed E-state index contributed by atoms with van der Waals surface area (Å²) in [5.74, 6) is -10.3. The van der Waals surface area contributed by atoms with E-state index in [0.29, 0.717) is 62.2 Å². The number of aliphatic hydroxyl groups is 2. The van der Waals surface area contributed by atoms with Gasteiger partial charge in [0.15, 0.2) is 11.3 Å². The van der Waals surface area contributed by atoms with Gasteiger partial charge in [0, 0.05) is 118 Å². The predicted molar refractivity (Wildman–Crippen MR) is 397 cm³/mol. The standard InChI is InChI=1S/C78H97N9O22/c1-40(2)62(84-56(89)20-13-12-14-33-87-57(90)27-28-58(87)91)75(99)83-53(19-16-32-80-76(79)100)74(98)81-49-23-21-48(22-24-49)38-103-77(101)104-39-86-34-29-50(30-35-86)107-51-25-26-52-55(37-51)108-71-63(82-52)59-60-67(94)46(8)70-61(59)72(96)78(10,109-70)105-36-31-54(102-11)43(5)69(106-47(9)88)45(7)66(93)44(6)65(92)41(3)17-15-18-42(4)73(97)85-64(71)68(60)95/h15,17-18,21-28,31,36-37,40-41,43-45,50,53-54,62,65-66,69,92-94H,12-14,16,19-20,29-30,32-35,38-39H2,1-11H3,(H,81,98)(H,83,99)(H,84,89)(H,85,97)(H3,79,80,100)/b17-15+,36-31+,42-18-/t41-,43+,44+,45+,53-,54-,62-,65-,66+,69+,78-/m0/s1. The fourth-order valence-electron chi connectivity index (χ4n) is 13.7. The smallest absolute Gasteiger partial charge is 0.507 e. The first-order valence-corrected chi connectivity index (χ1v) is 36.4. The van der Waals surface area contributed by atoms with E-state index in [4.69, 9.17) is 48.3 Å². The maximum Gasteiger partial charge on any atom is 0.509 e. The van der Waals surface area contributed by atoms with Crippen LogP contribution in [-0.2, 0) is 63.9 Å². The molecule has 586 valence electrons. The first-order valence-electron chi connectivity index (χ1n) is 36.4. The molecule has 3 aromatic rings. The number of carbonyl (C=O) groups is 10. The van der Waals surface area contributed by atoms with Crippen LogP contribution in [0.15, 0.2) is 100.0 Å². The Balaban J connectivity index is 0.836. The summed E-state index contributed by atoms with van der Waals surface area (Å²) >= 11 is 0. The summed E-state index contributed by atoms with van der Waals surface area (Å²) in [6.07, 6.45) is 7.29. The highest BCUT2D eigenvalue weighted by molar-refractivity contribution is 6.22. The lowest BCUT2D eigenvalue weighted by Crippen LogP contribution is -2.54. The molecule has 5 heterocycles. The van der Waals surface area contributed by atoms with Crippen molar-refractivity contribution in [3.8, 4) is 28.7 Å². The van der Waals surface area contributed by atoms with Gasteiger partial charge >= 0.3 is 23.9 Å². The quantitative estimate of drug-likeness (QED) is 0.00943. The van der Waals surface area contributed by atoms with Gasteiger partial charge in [-0.3, -0.25) is 53.0 Å². The third-order valence-electron chi connectivity index (χ3n) is 20.1. The molecule has 31 nitrogen and oxygen atoms in total. The zero-order valence-electron chi connectivity index (χ0n) is 62.9. The monoisotopic (exact) mass is 1510 g/mol. The molecule has 31 heteroatoms. The minimum absolute atomic E-state index is 0.00514. The van der Waals surface area contributed by atoms with Crippen molar-refractivity contribution in [2.75, 3.05) is 50.7 Å². The number of anilines is 2. The Hall–Kier alpha value is -10.8. The number of aliphatic hydroxyl groups excluding tert-OH is 2. The van der Waals surface area contributed by atoms with Crippen molar-refractivity contribution in [3.63, 3.8) is 0 Å². The van der Waals surface area contributed by atoms with Crippen molar-refractivity contribution in [3.05, 3.63) is 118 Å². The fourth-order valence-corrected chi connectivity index (χ4v) is 13.7. The molecule has 4 bridgehead atoms. The lowest BCUT2D eigenvalue weighted by molar-refractivity contribution is -0.160. The number of nitrogens with zero attached hydrogens (tertiary/aromatic N) is 3. The first kappa shape index (κ1) is 82.3. The number of urea groups is 1. The van der Waals surface area contributed by atoms with Crippen molar-refractivity contribution in [1.29, 1.82) is 0 Å². The van der Waals surface area contributed by atoms with E-state index in [1.807, 2.05) is 4.90 Å². The molecule has 10 N–H and O–H groups in total. The number of hydrogen-bond donors (Lipinski definition) is 9. The average molecular weight is 1510 g/mol. The second-order valence-corrected chi connectivity index (χ2v) is 28.5. The normalized spacial score (nSPS) is 23.8. The number of unbranched alkanes of at least 4 members (excludes halogenated alkanes) is 2. The second-order valence-electron chi connectivity index (χ2n) is 28.5. The van der Waals surface area contributed by atoms with Gasteiger partial charge in [-0.2, -0.15) is 0 Å². The summed E-state index contributed by atoms with van der Waals surface area (Å²) in [4.78, 5) is 153. The van der Waals surface area contributed by atoms with E-state index in [9.17, 15) is 58.5 Å². The summed E-state index contributed by atoms with van der Waals surface area (Å²) in [6.45, 7) is 16.9. The minimum atomic E-state index is -2.12. The van der Waals surface area contributed by atoms with E-state index in [-0.39, 0.29) is 125 Å². The number of aromatic nitrogens is 1. The summed E-state index contributed by atoms with van der Waals surface area (Å²) in [5, 5.41) is 48.2. The lowest BCUT2D eigenvalue weighted by Gasteiger charge is -2.38. The number of ketones is 1. The van der Waals surface area contributed by atoms with Crippen LogP contribution in [0.25, 0.3) is 33.3 Å². The molecule has 0 unspecified atom stereocenters. The van der Waals surface area contributed by atoms with Gasteiger partial charge in [-0.1, -0.05) is 78.3 Å². The highest BCUT2D eigenvalue weighted by Crippen LogP contribution is 2.51. The number of imide groups is 1. The molecule has 0 saturated carbocycles. The molecule has 8 amide bonds. The van der Waals surface area contributed by atoms with Crippen LogP contribution in [0.5, 0.6) is 17.2 Å². The van der Waals surface area contributed by atoms with Gasteiger partial charge in [0.1, 0.15) is 71.8 Å². The number of benzene rings is 4. The Morgan fingerprint density at radius 3 is 2.22 bits per heavy atom. The summed E-state index contributed by atoms with van der Waals surface area (Å²) in [5.41, 5.74) is 4.98. The molecule has 9 rings (SSSR count). The van der Waals surface area contributed by atoms with Crippen LogP contribution in [-0.4, -0.2) is 178 Å². The molecule has 6 aliphatic rings. The Bertz CT molecular complexity index is 4390. The van der Waals surface area contributed by atoms with Crippen LogP contribution in [0, 0.1) is 36.5 Å². The summed E-state index contributed by atoms with van der Waals surface area (Å²) < 4.78 is 48.0. The number of esters is 1. The van der Waals surface area contributed by atoms with E-state index in [1.54, 1.807) is 96.2 Å². The van der Waals surface area contributed by atoms with Gasteiger partial charge in [0.05, 0.1) is 35.5 Å². The Morgan fingerprint density at radius 2 is 1.55 bits per heavy atom. The van der Waals surface area contributed by atoms with Gasteiger partial charge in [0.25, 0.3) is 23.5 Å². The van der Waals surface area contributed by atoms with Gasteiger partial charge < -0.3 is 85.2 Å². The van der Waals surface area contributed by atoms with E-state index in [0.717, 1.165) is 4.90 Å². The van der Waals surface area contributed by atoms with Gasteiger partial charge in [-0.05, 0) is 94.2 Å². The molecule has 0 radical (unpaired) electrons. The van der Waals surface area contributed by atoms with Crippen LogP contribution in [0.1, 0.15) is 135 Å². The molecule has 1 fully saturated rings. The predicted octanol–water partition coefficient (Wildman–Crippen LogP) is 7.60. The molecule has 3 aromatic carbocycles. The number of hydrogen-bond acceptors (Lipinski definition) is 24. The number of Topliss-reactive ketones (excluding diaryl/α,β-unsaturated/α-hetero) is 1. The highest BCUT2D eigenvalue weighted by Gasteiger charge is 2.50. The number of phenols is 1. The molecular weight excluding hydrogens is 1410 g/mol. The lowest BCUT2D eigenvalue weighted by atomic mass is 9.78. The van der Waals surface area contributed by atoms with Crippen LogP contribution >= 0.6 is 0 Å².